The molecule has 36 heavy (non-hydrogen) atoms. The first kappa shape index (κ1) is 25.1. The van der Waals surface area contributed by atoms with Gasteiger partial charge in [0.05, 0.1) is 6.54 Å². The van der Waals surface area contributed by atoms with Crippen LogP contribution in [0.4, 0.5) is 5.69 Å². The molecule has 2 atom stereocenters. The van der Waals surface area contributed by atoms with E-state index in [1.54, 1.807) is 41.0 Å². The van der Waals surface area contributed by atoms with E-state index in [0.717, 1.165) is 44.2 Å². The van der Waals surface area contributed by atoms with E-state index in [0.29, 0.717) is 30.0 Å². The van der Waals surface area contributed by atoms with Crippen LogP contribution in [0.5, 0.6) is 0 Å². The van der Waals surface area contributed by atoms with Crippen molar-refractivity contribution in [2.75, 3.05) is 31.5 Å². The zero-order chi connectivity index (χ0) is 25.7. The van der Waals surface area contributed by atoms with E-state index in [1.165, 1.54) is 0 Å². The molecule has 0 aliphatic carbocycles. The van der Waals surface area contributed by atoms with Crippen molar-refractivity contribution in [2.24, 2.45) is 0 Å². The summed E-state index contributed by atoms with van der Waals surface area (Å²) < 4.78 is 5.62. The molecule has 2 fully saturated rings. The number of amides is 2. The topological polar surface area (TPSA) is 146 Å². The molecule has 3 N–H and O–H groups in total. The van der Waals surface area contributed by atoms with E-state index >= 15 is 0 Å². The van der Waals surface area contributed by atoms with Crippen LogP contribution in [-0.2, 0) is 9.59 Å². The van der Waals surface area contributed by atoms with Gasteiger partial charge in [-0.25, -0.2) is 0 Å². The Morgan fingerprint density at radius 3 is 2.58 bits per heavy atom. The van der Waals surface area contributed by atoms with Gasteiger partial charge >= 0.3 is 0 Å². The van der Waals surface area contributed by atoms with Crippen molar-refractivity contribution in [2.45, 2.75) is 51.2 Å². The molecule has 2 aliphatic rings. The molecule has 2 unspecified atom stereocenters. The van der Waals surface area contributed by atoms with Crippen LogP contribution < -0.4 is 10.6 Å². The Kier molecular flexibility index (Phi) is 7.77. The van der Waals surface area contributed by atoms with Gasteiger partial charge in [0.2, 0.25) is 11.8 Å². The number of hydrogen-bond donors (Lipinski definition) is 3. The highest BCUT2D eigenvalue weighted by molar-refractivity contribution is 5.88. The minimum atomic E-state index is -0.753. The number of nitrogens with one attached hydrogen (secondary N) is 2. The molecule has 2 aromatic rings. The number of nitriles is 2. The van der Waals surface area contributed by atoms with Gasteiger partial charge in [-0.05, 0) is 63.3 Å². The van der Waals surface area contributed by atoms with Gasteiger partial charge in [-0.15, -0.1) is 0 Å². The summed E-state index contributed by atoms with van der Waals surface area (Å²) in [6.07, 6.45) is 3.27. The molecule has 1 aromatic heterocycles. The van der Waals surface area contributed by atoms with Gasteiger partial charge in [-0.1, -0.05) is 0 Å². The number of carbonyl (C=O) groups excluding carboxylic acids is 2. The fourth-order valence-electron chi connectivity index (χ4n) is 4.60. The summed E-state index contributed by atoms with van der Waals surface area (Å²) in [5.41, 5.74) is 0.977. The van der Waals surface area contributed by atoms with E-state index < -0.39 is 12.1 Å². The first-order valence-corrected chi connectivity index (χ1v) is 12.3. The number of allylic oxidation sites excluding steroid dienone is 1. The minimum absolute atomic E-state index is 0.0373. The van der Waals surface area contributed by atoms with Gasteiger partial charge < -0.3 is 30.0 Å². The molecular formula is C26H30N6O4. The van der Waals surface area contributed by atoms with Crippen LogP contribution in [0.2, 0.25) is 0 Å². The van der Waals surface area contributed by atoms with Crippen LogP contribution in [-0.4, -0.2) is 58.9 Å². The molecule has 2 aliphatic heterocycles. The Balaban J connectivity index is 1.53. The number of furan rings is 1. The van der Waals surface area contributed by atoms with Gasteiger partial charge in [0, 0.05) is 30.7 Å². The summed E-state index contributed by atoms with van der Waals surface area (Å²) in [6, 6.07) is 10.0. The third-order valence-electron chi connectivity index (χ3n) is 6.57. The standard InChI is InChI=1S/C26H30N6O4/c1-17(33)23-13-18-12-20(7-8-22(18)36-23)29-25(19(14-27)15-28)30-21-6-2-3-11-32(26(21)35)16-24(34)31-9-4-5-10-31/h7-8,12-13,17,21,29-30,33H,2-6,9-11,16H2,1H3. The maximum atomic E-state index is 13.4. The van der Waals surface area contributed by atoms with Gasteiger partial charge in [0.25, 0.3) is 0 Å². The second kappa shape index (κ2) is 11.1. The highest BCUT2D eigenvalue weighted by Crippen LogP contribution is 2.27. The van der Waals surface area contributed by atoms with E-state index in [-0.39, 0.29) is 29.8 Å². The SMILES string of the molecule is CC(O)c1cc2cc(NC(NC3CCCCN(CC(=O)N4CCCC4)C3=O)=C(C#N)C#N)ccc2o1. The van der Waals surface area contributed by atoms with Crippen molar-refractivity contribution in [1.29, 1.82) is 10.5 Å². The largest absolute Gasteiger partial charge is 0.458 e. The fourth-order valence-corrected chi connectivity index (χ4v) is 4.60. The summed E-state index contributed by atoms with van der Waals surface area (Å²) >= 11 is 0. The molecule has 2 amide bonds. The monoisotopic (exact) mass is 490 g/mol. The molecule has 10 heteroatoms. The van der Waals surface area contributed by atoms with Crippen molar-refractivity contribution in [1.82, 2.24) is 15.1 Å². The number of likely N-dealkylation sites (tertiary alicyclic amines) is 2. The summed E-state index contributed by atoms with van der Waals surface area (Å²) in [6.45, 7) is 3.60. The maximum Gasteiger partial charge on any atom is 0.245 e. The predicted molar refractivity (Wildman–Crippen MR) is 132 cm³/mol. The molecule has 0 radical (unpaired) electrons. The molecule has 0 bridgehead atoms. The van der Waals surface area contributed by atoms with E-state index in [4.69, 9.17) is 4.42 Å². The zero-order valence-electron chi connectivity index (χ0n) is 20.3. The summed E-state index contributed by atoms with van der Waals surface area (Å²) in [5.74, 6) is 0.291. The Morgan fingerprint density at radius 1 is 1.17 bits per heavy atom. The number of benzene rings is 1. The lowest BCUT2D eigenvalue weighted by Crippen LogP contribution is -2.49. The van der Waals surface area contributed by atoms with Crippen molar-refractivity contribution in [3.05, 3.63) is 41.4 Å². The Morgan fingerprint density at radius 2 is 1.89 bits per heavy atom. The van der Waals surface area contributed by atoms with Gasteiger partial charge in [-0.2, -0.15) is 10.5 Å². The van der Waals surface area contributed by atoms with Crippen LogP contribution >= 0.6 is 0 Å². The summed E-state index contributed by atoms with van der Waals surface area (Å²) in [7, 11) is 0. The normalized spacial score (nSPS) is 18.8. The molecule has 1 aromatic carbocycles. The summed E-state index contributed by atoms with van der Waals surface area (Å²) in [5, 5.41) is 35.8. The van der Waals surface area contributed by atoms with E-state index in [2.05, 4.69) is 10.6 Å². The first-order chi connectivity index (χ1) is 17.4. The quantitative estimate of drug-likeness (QED) is 0.502. The minimum Gasteiger partial charge on any atom is -0.458 e. The predicted octanol–water partition coefficient (Wildman–Crippen LogP) is 2.75. The van der Waals surface area contributed by atoms with Crippen molar-refractivity contribution in [3.8, 4) is 12.1 Å². The molecule has 2 saturated heterocycles. The number of fused-ring (bicyclic) bond motifs is 1. The lowest BCUT2D eigenvalue weighted by Gasteiger charge is -2.27. The van der Waals surface area contributed by atoms with Crippen LogP contribution in [0.15, 0.2) is 40.1 Å². The number of aliphatic hydroxyl groups is 1. The molecule has 3 heterocycles. The van der Waals surface area contributed by atoms with E-state index in [1.807, 2.05) is 12.1 Å². The highest BCUT2D eigenvalue weighted by atomic mass is 16.4. The average molecular weight is 491 g/mol. The number of hydrogen-bond acceptors (Lipinski definition) is 8. The Labute approximate surface area is 209 Å². The van der Waals surface area contributed by atoms with Crippen molar-refractivity contribution in [3.63, 3.8) is 0 Å². The second-order valence-electron chi connectivity index (χ2n) is 9.22. The first-order valence-electron chi connectivity index (χ1n) is 12.3. The Hall–Kier alpha value is -4.02. The lowest BCUT2D eigenvalue weighted by molar-refractivity contribution is -0.140. The maximum absolute atomic E-state index is 13.4. The molecule has 188 valence electrons. The Bertz CT molecular complexity index is 1230. The smallest absolute Gasteiger partial charge is 0.245 e. The van der Waals surface area contributed by atoms with Gasteiger partial charge in [0.15, 0.2) is 5.57 Å². The van der Waals surface area contributed by atoms with Crippen molar-refractivity contribution < 1.29 is 19.1 Å². The zero-order valence-corrected chi connectivity index (χ0v) is 20.3. The van der Waals surface area contributed by atoms with E-state index in [9.17, 15) is 25.2 Å². The third-order valence-corrected chi connectivity index (χ3v) is 6.57. The highest BCUT2D eigenvalue weighted by Gasteiger charge is 2.31. The van der Waals surface area contributed by atoms with Gasteiger partial charge in [0.1, 0.15) is 41.4 Å². The average Bonchev–Trinajstić information content (AvgIpc) is 3.52. The molecule has 4 rings (SSSR count). The van der Waals surface area contributed by atoms with Gasteiger partial charge in [-0.3, -0.25) is 9.59 Å². The number of nitrogens with zero attached hydrogens (tertiary/aromatic N) is 4. The number of carbonyl (C=O) groups is 2. The number of rotatable bonds is 7. The van der Waals surface area contributed by atoms with Crippen LogP contribution in [0.25, 0.3) is 11.0 Å². The fraction of sp³-hybridized carbons (Fsp3) is 0.462. The molecular weight excluding hydrogens is 460 g/mol. The van der Waals surface area contributed by atoms with Crippen molar-refractivity contribution >= 4 is 28.5 Å². The second-order valence-corrected chi connectivity index (χ2v) is 9.22. The third kappa shape index (κ3) is 5.61. The lowest BCUT2D eigenvalue weighted by atomic mass is 10.1. The summed E-state index contributed by atoms with van der Waals surface area (Å²) in [4.78, 5) is 29.4. The van der Waals surface area contributed by atoms with Crippen LogP contribution in [0, 0.1) is 22.7 Å². The molecule has 0 saturated carbocycles. The number of anilines is 1. The molecule has 10 nitrogen and oxygen atoms in total. The molecule has 0 spiro atoms. The number of aliphatic hydroxyl groups excluding tert-OH is 1. The van der Waals surface area contributed by atoms with Crippen LogP contribution in [0.3, 0.4) is 0 Å². The van der Waals surface area contributed by atoms with Crippen LogP contribution in [0.1, 0.15) is 50.9 Å².